The van der Waals surface area contributed by atoms with Gasteiger partial charge in [0.15, 0.2) is 0 Å². The molecule has 15 heavy (non-hydrogen) atoms. The van der Waals surface area contributed by atoms with Crippen LogP contribution in [0.15, 0.2) is 0 Å². The minimum Gasteiger partial charge on any atom is -0.377 e. The molecule has 2 fully saturated rings. The lowest BCUT2D eigenvalue weighted by atomic mass is 10.2. The van der Waals surface area contributed by atoms with Crippen LogP contribution in [0, 0.1) is 5.92 Å². The second-order valence-corrected chi connectivity index (χ2v) is 6.01. The first-order valence-corrected chi connectivity index (χ1v) is 7.32. The van der Waals surface area contributed by atoms with Crippen molar-refractivity contribution in [1.29, 1.82) is 0 Å². The molecule has 1 heterocycles. The third kappa shape index (κ3) is 3.36. The molecule has 0 radical (unpaired) electrons. The number of nitrogens with one attached hydrogen (secondary N) is 1. The van der Waals surface area contributed by atoms with Crippen LogP contribution in [0.3, 0.4) is 0 Å². The molecule has 1 saturated heterocycles. The SMILES string of the molecule is CCNC(CSC1CCOC1C)C1CC1. The van der Waals surface area contributed by atoms with E-state index < -0.39 is 0 Å². The molecule has 1 N–H and O–H groups in total. The van der Waals surface area contributed by atoms with Gasteiger partial charge >= 0.3 is 0 Å². The van der Waals surface area contributed by atoms with E-state index in [1.54, 1.807) is 0 Å². The Morgan fingerprint density at radius 1 is 1.40 bits per heavy atom. The van der Waals surface area contributed by atoms with E-state index in [9.17, 15) is 0 Å². The summed E-state index contributed by atoms with van der Waals surface area (Å²) in [5, 5.41) is 4.36. The summed E-state index contributed by atoms with van der Waals surface area (Å²) in [6, 6.07) is 0.757. The van der Waals surface area contributed by atoms with E-state index >= 15 is 0 Å². The monoisotopic (exact) mass is 229 g/mol. The van der Waals surface area contributed by atoms with Crippen LogP contribution in [-0.4, -0.2) is 36.3 Å². The van der Waals surface area contributed by atoms with Crippen LogP contribution in [0.1, 0.15) is 33.1 Å². The van der Waals surface area contributed by atoms with Gasteiger partial charge in [-0.25, -0.2) is 0 Å². The number of hydrogen-bond acceptors (Lipinski definition) is 3. The Morgan fingerprint density at radius 3 is 2.73 bits per heavy atom. The summed E-state index contributed by atoms with van der Waals surface area (Å²) >= 11 is 2.12. The third-order valence-electron chi connectivity index (χ3n) is 3.45. The molecule has 3 unspecified atom stereocenters. The van der Waals surface area contributed by atoms with Crippen molar-refractivity contribution < 1.29 is 4.74 Å². The summed E-state index contributed by atoms with van der Waals surface area (Å²) in [5.74, 6) is 2.24. The topological polar surface area (TPSA) is 21.3 Å². The zero-order valence-electron chi connectivity index (χ0n) is 9.87. The summed E-state index contributed by atoms with van der Waals surface area (Å²) < 4.78 is 5.59. The molecule has 2 nitrogen and oxygen atoms in total. The molecule has 0 spiro atoms. The zero-order valence-corrected chi connectivity index (χ0v) is 10.7. The standard InChI is InChI=1S/C12H23NOS/c1-3-13-11(10-4-5-10)8-15-12-6-7-14-9(12)2/h9-13H,3-8H2,1-2H3. The summed E-state index contributed by atoms with van der Waals surface area (Å²) in [4.78, 5) is 0. The van der Waals surface area contributed by atoms with Crippen molar-refractivity contribution in [1.82, 2.24) is 5.32 Å². The van der Waals surface area contributed by atoms with Gasteiger partial charge in [-0.2, -0.15) is 11.8 Å². The van der Waals surface area contributed by atoms with Gasteiger partial charge in [-0.15, -0.1) is 0 Å². The van der Waals surface area contributed by atoms with E-state index in [4.69, 9.17) is 4.74 Å². The van der Waals surface area contributed by atoms with Gasteiger partial charge in [-0.3, -0.25) is 0 Å². The Hall–Kier alpha value is 0.270. The fourth-order valence-corrected chi connectivity index (χ4v) is 3.74. The molecule has 2 aliphatic rings. The Labute approximate surface area is 97.5 Å². The number of thioether (sulfide) groups is 1. The van der Waals surface area contributed by atoms with E-state index in [-0.39, 0.29) is 0 Å². The normalized spacial score (nSPS) is 33.2. The average molecular weight is 229 g/mol. The van der Waals surface area contributed by atoms with Gasteiger partial charge in [-0.05, 0) is 38.6 Å². The van der Waals surface area contributed by atoms with E-state index in [0.29, 0.717) is 6.10 Å². The van der Waals surface area contributed by atoms with E-state index in [1.165, 1.54) is 25.0 Å². The highest BCUT2D eigenvalue weighted by Gasteiger charge is 2.32. The van der Waals surface area contributed by atoms with Gasteiger partial charge in [-0.1, -0.05) is 6.92 Å². The van der Waals surface area contributed by atoms with Crippen molar-refractivity contribution in [3.63, 3.8) is 0 Å². The van der Waals surface area contributed by atoms with Gasteiger partial charge in [0.25, 0.3) is 0 Å². The van der Waals surface area contributed by atoms with Gasteiger partial charge in [0.2, 0.25) is 0 Å². The zero-order chi connectivity index (χ0) is 10.7. The molecule has 0 amide bonds. The molecule has 88 valence electrons. The van der Waals surface area contributed by atoms with E-state index in [0.717, 1.165) is 30.4 Å². The minimum absolute atomic E-state index is 0.469. The van der Waals surface area contributed by atoms with Gasteiger partial charge < -0.3 is 10.1 Å². The molecule has 2 rings (SSSR count). The van der Waals surface area contributed by atoms with Gasteiger partial charge in [0.05, 0.1) is 6.10 Å². The van der Waals surface area contributed by atoms with Crippen LogP contribution in [0.2, 0.25) is 0 Å². The quantitative estimate of drug-likeness (QED) is 0.755. The predicted octanol–water partition coefficient (Wildman–Crippen LogP) is 2.29. The third-order valence-corrected chi connectivity index (χ3v) is 5.05. The number of rotatable bonds is 6. The Bertz CT molecular complexity index is 196. The van der Waals surface area contributed by atoms with Crippen LogP contribution < -0.4 is 5.32 Å². The van der Waals surface area contributed by atoms with Gasteiger partial charge in [0.1, 0.15) is 0 Å². The minimum atomic E-state index is 0.469. The average Bonchev–Trinajstić information content (AvgIpc) is 2.98. The lowest BCUT2D eigenvalue weighted by Crippen LogP contribution is -2.34. The fourth-order valence-electron chi connectivity index (χ4n) is 2.28. The van der Waals surface area contributed by atoms with Crippen LogP contribution in [0.5, 0.6) is 0 Å². The number of ether oxygens (including phenoxy) is 1. The maximum absolute atomic E-state index is 5.59. The molecule has 3 atom stereocenters. The smallest absolute Gasteiger partial charge is 0.0666 e. The highest BCUT2D eigenvalue weighted by atomic mass is 32.2. The lowest BCUT2D eigenvalue weighted by molar-refractivity contribution is 0.127. The van der Waals surface area contributed by atoms with Crippen molar-refractivity contribution in [3.8, 4) is 0 Å². The Morgan fingerprint density at radius 2 is 2.20 bits per heavy atom. The highest BCUT2D eigenvalue weighted by Crippen LogP contribution is 2.36. The van der Waals surface area contributed by atoms with Crippen molar-refractivity contribution in [2.45, 2.75) is 50.5 Å². The van der Waals surface area contributed by atoms with Crippen molar-refractivity contribution >= 4 is 11.8 Å². The summed E-state index contributed by atoms with van der Waals surface area (Å²) in [6.45, 7) is 6.50. The summed E-state index contributed by atoms with van der Waals surface area (Å²) in [7, 11) is 0. The maximum atomic E-state index is 5.59. The number of hydrogen-bond donors (Lipinski definition) is 1. The summed E-state index contributed by atoms with van der Waals surface area (Å²) in [5.41, 5.74) is 0. The molecule has 1 aliphatic heterocycles. The largest absolute Gasteiger partial charge is 0.377 e. The second-order valence-electron chi connectivity index (χ2n) is 4.74. The molecular weight excluding hydrogens is 206 g/mol. The van der Waals surface area contributed by atoms with E-state index in [2.05, 4.69) is 30.9 Å². The van der Waals surface area contributed by atoms with Crippen molar-refractivity contribution in [3.05, 3.63) is 0 Å². The highest BCUT2D eigenvalue weighted by molar-refractivity contribution is 8.00. The van der Waals surface area contributed by atoms with Crippen LogP contribution in [0.25, 0.3) is 0 Å². The molecule has 0 aromatic heterocycles. The first-order chi connectivity index (χ1) is 7.31. The lowest BCUT2D eigenvalue weighted by Gasteiger charge is -2.20. The first kappa shape index (κ1) is 11.7. The molecule has 0 bridgehead atoms. The molecule has 0 aromatic carbocycles. The summed E-state index contributed by atoms with van der Waals surface area (Å²) in [6.07, 6.45) is 4.59. The first-order valence-electron chi connectivity index (χ1n) is 6.28. The van der Waals surface area contributed by atoms with E-state index in [1.807, 2.05) is 0 Å². The molecule has 3 heteroatoms. The van der Waals surface area contributed by atoms with Crippen LogP contribution in [0.4, 0.5) is 0 Å². The Kier molecular flexibility index (Phi) is 4.35. The maximum Gasteiger partial charge on any atom is 0.0666 e. The van der Waals surface area contributed by atoms with Crippen molar-refractivity contribution in [2.75, 3.05) is 18.9 Å². The predicted molar refractivity (Wildman–Crippen MR) is 66.5 cm³/mol. The fraction of sp³-hybridized carbons (Fsp3) is 1.00. The molecule has 1 aliphatic carbocycles. The molecule has 1 saturated carbocycles. The van der Waals surface area contributed by atoms with Crippen molar-refractivity contribution in [2.24, 2.45) is 5.92 Å². The van der Waals surface area contributed by atoms with Crippen LogP contribution >= 0.6 is 11.8 Å². The molecular formula is C12H23NOS. The Balaban J connectivity index is 1.70. The second kappa shape index (κ2) is 5.55. The molecule has 0 aromatic rings. The van der Waals surface area contributed by atoms with Gasteiger partial charge in [0, 0.05) is 23.7 Å². The van der Waals surface area contributed by atoms with Crippen LogP contribution in [-0.2, 0) is 4.74 Å².